The highest BCUT2D eigenvalue weighted by Gasteiger charge is 2.07. The summed E-state index contributed by atoms with van der Waals surface area (Å²) in [6.45, 7) is 0. The Hall–Kier alpha value is -0.770. The lowest BCUT2D eigenvalue weighted by molar-refractivity contribution is -0.115. The predicted molar refractivity (Wildman–Crippen MR) is 32.2 cm³/mol. The average molecular weight is 153 g/mol. The Balaban J connectivity index is 4.28. The Morgan fingerprint density at radius 1 is 1.78 bits per heavy atom. The minimum atomic E-state index is -1.17. The molecule has 0 aliphatic heterocycles. The molecule has 52 valence electrons. The quantitative estimate of drug-likeness (QED) is 0.435. The van der Waals surface area contributed by atoms with Crippen molar-refractivity contribution in [1.29, 1.82) is 0 Å². The summed E-state index contributed by atoms with van der Waals surface area (Å²) in [5, 5.41) is 1.84. The first-order chi connectivity index (χ1) is 4.09. The molecule has 0 aromatic rings. The zero-order valence-electron chi connectivity index (χ0n) is 4.74. The van der Waals surface area contributed by atoms with Crippen molar-refractivity contribution in [3.05, 3.63) is 11.0 Å². The highest BCUT2D eigenvalue weighted by molar-refractivity contribution is 6.31. The molecule has 0 saturated carbocycles. The molecular formula is C4H6ClFN2O. The van der Waals surface area contributed by atoms with Crippen LogP contribution in [0.2, 0.25) is 0 Å². The molecule has 3 nitrogen and oxygen atoms in total. The number of carbonyl (C=O) groups is 1. The molecule has 0 aromatic carbocycles. The van der Waals surface area contributed by atoms with E-state index in [2.05, 4.69) is 11.1 Å². The molecule has 0 unspecified atom stereocenters. The topological polar surface area (TPSA) is 55.1 Å². The lowest BCUT2D eigenvalue weighted by Gasteiger charge is -1.94. The molecule has 0 heterocycles. The van der Waals surface area contributed by atoms with Gasteiger partial charge in [0.2, 0.25) is 5.83 Å². The fourth-order valence-corrected chi connectivity index (χ4v) is 0.311. The van der Waals surface area contributed by atoms with Gasteiger partial charge in [0.15, 0.2) is 0 Å². The third-order valence-electron chi connectivity index (χ3n) is 0.629. The minimum absolute atomic E-state index is 0.373. The summed E-state index contributed by atoms with van der Waals surface area (Å²) in [6.07, 6.45) is 0. The summed E-state index contributed by atoms with van der Waals surface area (Å²) >= 11 is 5.10. The first-order valence-corrected chi connectivity index (χ1v) is 2.50. The SMILES string of the molecule is CN/C(Cl)=C(/F)C(N)=O. The van der Waals surface area contributed by atoms with E-state index in [0.717, 1.165) is 0 Å². The molecule has 9 heavy (non-hydrogen) atoms. The number of hydrogen-bond donors (Lipinski definition) is 2. The van der Waals surface area contributed by atoms with Gasteiger partial charge in [-0.05, 0) is 0 Å². The van der Waals surface area contributed by atoms with Crippen LogP contribution in [0, 0.1) is 0 Å². The van der Waals surface area contributed by atoms with Crippen LogP contribution in [-0.2, 0) is 4.79 Å². The summed E-state index contributed by atoms with van der Waals surface area (Å²) in [7, 11) is 1.38. The second-order valence-electron chi connectivity index (χ2n) is 1.24. The highest BCUT2D eigenvalue weighted by Crippen LogP contribution is 2.04. The Morgan fingerprint density at radius 3 is 2.33 bits per heavy atom. The predicted octanol–water partition coefficient (Wildman–Crippen LogP) is 0.0685. The van der Waals surface area contributed by atoms with Crippen LogP contribution in [-0.4, -0.2) is 13.0 Å². The van der Waals surface area contributed by atoms with Crippen molar-refractivity contribution in [3.63, 3.8) is 0 Å². The van der Waals surface area contributed by atoms with Crippen molar-refractivity contribution >= 4 is 17.5 Å². The molecule has 0 saturated heterocycles. The molecule has 0 aliphatic carbocycles. The van der Waals surface area contributed by atoms with Gasteiger partial charge in [-0.2, -0.15) is 4.39 Å². The molecule has 0 spiro atoms. The van der Waals surface area contributed by atoms with E-state index in [-0.39, 0.29) is 5.16 Å². The lowest BCUT2D eigenvalue weighted by atomic mass is 10.5. The van der Waals surface area contributed by atoms with Crippen LogP contribution in [0.3, 0.4) is 0 Å². The third kappa shape index (κ3) is 2.32. The van der Waals surface area contributed by atoms with Gasteiger partial charge in [0.25, 0.3) is 5.91 Å². The van der Waals surface area contributed by atoms with Gasteiger partial charge in [0, 0.05) is 7.05 Å². The number of halogens is 2. The smallest absolute Gasteiger partial charge is 0.280 e. The van der Waals surface area contributed by atoms with Gasteiger partial charge in [-0.15, -0.1) is 0 Å². The molecule has 0 rings (SSSR count). The normalized spacial score (nSPS) is 12.3. The van der Waals surface area contributed by atoms with Crippen LogP contribution in [0.25, 0.3) is 0 Å². The van der Waals surface area contributed by atoms with E-state index < -0.39 is 11.7 Å². The minimum Gasteiger partial charge on any atom is -0.376 e. The number of amides is 1. The Morgan fingerprint density at radius 2 is 2.22 bits per heavy atom. The maximum atomic E-state index is 12.1. The standard InChI is InChI=1S/C4H6ClFN2O/c1-8-3(5)2(6)4(7)9/h8H,1H3,(H2,7,9)/b3-2+. The van der Waals surface area contributed by atoms with E-state index in [1.165, 1.54) is 7.05 Å². The summed E-state index contributed by atoms with van der Waals surface area (Å²) in [6, 6.07) is 0. The van der Waals surface area contributed by atoms with E-state index in [1.807, 2.05) is 0 Å². The summed E-state index contributed by atoms with van der Waals surface area (Å²) in [4.78, 5) is 9.96. The van der Waals surface area contributed by atoms with Crippen LogP contribution in [0.15, 0.2) is 11.0 Å². The number of nitrogens with two attached hydrogens (primary N) is 1. The molecule has 0 radical (unpaired) electrons. The van der Waals surface area contributed by atoms with Crippen LogP contribution in [0.4, 0.5) is 4.39 Å². The molecule has 0 bridgehead atoms. The van der Waals surface area contributed by atoms with Gasteiger partial charge < -0.3 is 11.1 Å². The Bertz CT molecular complexity index is 157. The Kier molecular flexibility index (Phi) is 3.01. The third-order valence-corrected chi connectivity index (χ3v) is 0.983. The van der Waals surface area contributed by atoms with E-state index in [4.69, 9.17) is 11.6 Å². The van der Waals surface area contributed by atoms with Crippen molar-refractivity contribution in [1.82, 2.24) is 5.32 Å². The molecule has 0 aromatic heterocycles. The van der Waals surface area contributed by atoms with Crippen LogP contribution >= 0.6 is 11.6 Å². The fourth-order valence-electron chi connectivity index (χ4n) is 0.218. The van der Waals surface area contributed by atoms with Gasteiger partial charge in [0.1, 0.15) is 5.16 Å². The van der Waals surface area contributed by atoms with Gasteiger partial charge in [0.05, 0.1) is 0 Å². The maximum Gasteiger partial charge on any atom is 0.280 e. The van der Waals surface area contributed by atoms with Crippen LogP contribution in [0.5, 0.6) is 0 Å². The van der Waals surface area contributed by atoms with Gasteiger partial charge >= 0.3 is 0 Å². The average Bonchev–Trinajstić information content (AvgIpc) is 1.84. The summed E-state index contributed by atoms with van der Waals surface area (Å²) < 4.78 is 12.1. The molecule has 5 heteroatoms. The van der Waals surface area contributed by atoms with E-state index in [0.29, 0.717) is 0 Å². The molecule has 3 N–H and O–H groups in total. The van der Waals surface area contributed by atoms with Crippen molar-refractivity contribution < 1.29 is 9.18 Å². The fraction of sp³-hybridized carbons (Fsp3) is 0.250. The number of nitrogens with one attached hydrogen (secondary N) is 1. The lowest BCUT2D eigenvalue weighted by Crippen LogP contribution is -2.15. The zero-order valence-corrected chi connectivity index (χ0v) is 5.50. The second kappa shape index (κ2) is 3.29. The summed E-state index contributed by atoms with van der Waals surface area (Å²) in [5.74, 6) is -2.33. The molecular weight excluding hydrogens is 147 g/mol. The van der Waals surface area contributed by atoms with Crippen molar-refractivity contribution in [2.45, 2.75) is 0 Å². The van der Waals surface area contributed by atoms with E-state index in [9.17, 15) is 9.18 Å². The van der Waals surface area contributed by atoms with Crippen LogP contribution in [0.1, 0.15) is 0 Å². The maximum absolute atomic E-state index is 12.1. The Labute approximate surface area is 56.7 Å². The number of rotatable bonds is 2. The second-order valence-corrected chi connectivity index (χ2v) is 1.62. The van der Waals surface area contributed by atoms with Gasteiger partial charge in [-0.3, -0.25) is 4.79 Å². The molecule has 0 atom stereocenters. The number of hydrogen-bond acceptors (Lipinski definition) is 2. The van der Waals surface area contributed by atoms with Gasteiger partial charge in [-0.25, -0.2) is 0 Å². The summed E-state index contributed by atoms with van der Waals surface area (Å²) in [5.41, 5.74) is 4.52. The van der Waals surface area contributed by atoms with Crippen molar-refractivity contribution in [3.8, 4) is 0 Å². The molecule has 0 fully saturated rings. The van der Waals surface area contributed by atoms with Crippen molar-refractivity contribution in [2.75, 3.05) is 7.05 Å². The number of primary amides is 1. The molecule has 0 aliphatic rings. The van der Waals surface area contributed by atoms with Gasteiger partial charge in [-0.1, -0.05) is 11.6 Å². The largest absolute Gasteiger partial charge is 0.376 e. The highest BCUT2D eigenvalue weighted by atomic mass is 35.5. The van der Waals surface area contributed by atoms with E-state index in [1.54, 1.807) is 0 Å². The monoisotopic (exact) mass is 152 g/mol. The zero-order chi connectivity index (χ0) is 7.44. The number of carbonyl (C=O) groups excluding carboxylic acids is 1. The van der Waals surface area contributed by atoms with Crippen LogP contribution < -0.4 is 11.1 Å². The first kappa shape index (κ1) is 8.23. The van der Waals surface area contributed by atoms with Crippen molar-refractivity contribution in [2.24, 2.45) is 5.73 Å². The first-order valence-electron chi connectivity index (χ1n) is 2.12. The molecule has 1 amide bonds. The van der Waals surface area contributed by atoms with E-state index >= 15 is 0 Å².